The van der Waals surface area contributed by atoms with E-state index in [-0.39, 0.29) is 5.91 Å². The lowest BCUT2D eigenvalue weighted by Crippen LogP contribution is -2.17. The number of H-pyrrole nitrogens is 1. The zero-order valence-electron chi connectivity index (χ0n) is 11.8. The van der Waals surface area contributed by atoms with Gasteiger partial charge in [-0.2, -0.15) is 10.2 Å². The van der Waals surface area contributed by atoms with Crippen LogP contribution in [0.3, 0.4) is 0 Å². The van der Waals surface area contributed by atoms with Gasteiger partial charge in [-0.3, -0.25) is 9.48 Å². The van der Waals surface area contributed by atoms with Crippen LogP contribution in [0, 0.1) is 0 Å². The van der Waals surface area contributed by atoms with Gasteiger partial charge in [0.2, 0.25) is 0 Å². The number of rotatable bonds is 5. The van der Waals surface area contributed by atoms with Gasteiger partial charge in [-0.25, -0.2) is 5.43 Å². The highest BCUT2D eigenvalue weighted by Crippen LogP contribution is 2.02. The maximum atomic E-state index is 11.7. The third-order valence-electron chi connectivity index (χ3n) is 3.06. The summed E-state index contributed by atoms with van der Waals surface area (Å²) in [5.74, 6) is -0.280. The monoisotopic (exact) mass is 293 g/mol. The van der Waals surface area contributed by atoms with Crippen LogP contribution in [0.25, 0.3) is 0 Å². The number of nitrogens with one attached hydrogen (secondary N) is 2. The van der Waals surface area contributed by atoms with Gasteiger partial charge in [-0.15, -0.1) is 0 Å². The Kier molecular flexibility index (Phi) is 4.10. The number of hydrazone groups is 1. The van der Waals surface area contributed by atoms with E-state index in [0.29, 0.717) is 12.2 Å². The Balaban J connectivity index is 1.57. The number of aromatic amines is 1. The van der Waals surface area contributed by atoms with Crippen LogP contribution >= 0.6 is 0 Å². The summed E-state index contributed by atoms with van der Waals surface area (Å²) in [5, 5.41) is 8.19. The standard InChI is InChI=1S/C16H15N5O/c22-16(15-7-4-8-17-15)20-18-9-14-10-19-21(12-14)11-13-5-2-1-3-6-13/h1-10,12,17H,11H2,(H,20,22)/b18-9-. The highest BCUT2D eigenvalue weighted by molar-refractivity contribution is 5.93. The Labute approximate surface area is 127 Å². The Morgan fingerprint density at radius 1 is 1.27 bits per heavy atom. The molecule has 0 radical (unpaired) electrons. The van der Waals surface area contributed by atoms with Crippen molar-refractivity contribution in [1.82, 2.24) is 20.2 Å². The fourth-order valence-electron chi connectivity index (χ4n) is 2.00. The Bertz CT molecular complexity index is 759. The summed E-state index contributed by atoms with van der Waals surface area (Å²) in [6, 6.07) is 13.5. The first kappa shape index (κ1) is 13.8. The van der Waals surface area contributed by atoms with Crippen LogP contribution < -0.4 is 5.43 Å². The average Bonchev–Trinajstić information content (AvgIpc) is 3.20. The highest BCUT2D eigenvalue weighted by atomic mass is 16.2. The maximum Gasteiger partial charge on any atom is 0.287 e. The van der Waals surface area contributed by atoms with Gasteiger partial charge in [0, 0.05) is 18.0 Å². The van der Waals surface area contributed by atoms with E-state index in [0.717, 1.165) is 5.56 Å². The van der Waals surface area contributed by atoms with Crippen LogP contribution in [-0.2, 0) is 6.54 Å². The second-order valence-electron chi connectivity index (χ2n) is 4.74. The van der Waals surface area contributed by atoms with Crippen molar-refractivity contribution < 1.29 is 4.79 Å². The van der Waals surface area contributed by atoms with Crippen LogP contribution in [0.1, 0.15) is 21.6 Å². The molecule has 0 aliphatic heterocycles. The van der Waals surface area contributed by atoms with Crippen molar-refractivity contribution in [2.24, 2.45) is 5.10 Å². The summed E-state index contributed by atoms with van der Waals surface area (Å²) in [6.07, 6.45) is 6.83. The minimum Gasteiger partial charge on any atom is -0.357 e. The van der Waals surface area contributed by atoms with E-state index in [4.69, 9.17) is 0 Å². The number of aromatic nitrogens is 3. The lowest BCUT2D eigenvalue weighted by atomic mass is 10.2. The number of amides is 1. The molecular weight excluding hydrogens is 278 g/mol. The predicted molar refractivity (Wildman–Crippen MR) is 83.6 cm³/mol. The average molecular weight is 293 g/mol. The van der Waals surface area contributed by atoms with E-state index >= 15 is 0 Å². The molecule has 3 aromatic rings. The molecule has 0 aliphatic carbocycles. The number of carbonyl (C=O) groups is 1. The van der Waals surface area contributed by atoms with Gasteiger partial charge in [0.1, 0.15) is 5.69 Å². The first-order chi connectivity index (χ1) is 10.8. The lowest BCUT2D eigenvalue weighted by Gasteiger charge is -2.00. The van der Waals surface area contributed by atoms with Crippen LogP contribution in [0.4, 0.5) is 0 Å². The van der Waals surface area contributed by atoms with Gasteiger partial charge < -0.3 is 4.98 Å². The molecule has 2 heterocycles. The van der Waals surface area contributed by atoms with E-state index in [2.05, 4.69) is 20.6 Å². The third kappa shape index (κ3) is 3.49. The smallest absolute Gasteiger partial charge is 0.287 e. The van der Waals surface area contributed by atoms with E-state index in [9.17, 15) is 4.79 Å². The van der Waals surface area contributed by atoms with Crippen LogP contribution in [0.15, 0.2) is 66.2 Å². The van der Waals surface area contributed by atoms with Crippen molar-refractivity contribution in [2.75, 3.05) is 0 Å². The molecule has 0 saturated carbocycles. The Morgan fingerprint density at radius 2 is 2.14 bits per heavy atom. The van der Waals surface area contributed by atoms with Crippen LogP contribution in [-0.4, -0.2) is 26.9 Å². The molecular formula is C16H15N5O. The summed E-state index contributed by atoms with van der Waals surface area (Å²) in [5.41, 5.74) is 4.92. The summed E-state index contributed by atoms with van der Waals surface area (Å²) >= 11 is 0. The maximum absolute atomic E-state index is 11.7. The largest absolute Gasteiger partial charge is 0.357 e. The van der Waals surface area contributed by atoms with Crippen molar-refractivity contribution in [3.63, 3.8) is 0 Å². The molecule has 22 heavy (non-hydrogen) atoms. The van der Waals surface area contributed by atoms with Crippen LogP contribution in [0.2, 0.25) is 0 Å². The summed E-state index contributed by atoms with van der Waals surface area (Å²) < 4.78 is 1.82. The molecule has 1 amide bonds. The minimum atomic E-state index is -0.280. The highest BCUT2D eigenvalue weighted by Gasteiger charge is 2.03. The molecule has 0 atom stereocenters. The van der Waals surface area contributed by atoms with Crippen LogP contribution in [0.5, 0.6) is 0 Å². The van der Waals surface area contributed by atoms with Gasteiger partial charge in [0.15, 0.2) is 0 Å². The molecule has 0 bridgehead atoms. The fraction of sp³-hybridized carbons (Fsp3) is 0.0625. The molecule has 110 valence electrons. The first-order valence-corrected chi connectivity index (χ1v) is 6.84. The topological polar surface area (TPSA) is 75.1 Å². The summed E-state index contributed by atoms with van der Waals surface area (Å²) in [6.45, 7) is 0.698. The molecule has 2 N–H and O–H groups in total. The number of benzene rings is 1. The van der Waals surface area contributed by atoms with E-state index in [1.54, 1.807) is 30.7 Å². The van der Waals surface area contributed by atoms with Crippen molar-refractivity contribution >= 4 is 12.1 Å². The first-order valence-electron chi connectivity index (χ1n) is 6.84. The van der Waals surface area contributed by atoms with Crippen molar-refractivity contribution in [1.29, 1.82) is 0 Å². The minimum absolute atomic E-state index is 0.280. The van der Waals surface area contributed by atoms with E-state index in [1.807, 2.05) is 41.2 Å². The lowest BCUT2D eigenvalue weighted by molar-refractivity contribution is 0.0951. The zero-order chi connectivity index (χ0) is 15.2. The molecule has 3 rings (SSSR count). The summed E-state index contributed by atoms with van der Waals surface area (Å²) in [4.78, 5) is 14.5. The number of carbonyl (C=O) groups excluding carboxylic acids is 1. The molecule has 0 saturated heterocycles. The second kappa shape index (κ2) is 6.53. The van der Waals surface area contributed by atoms with E-state index in [1.165, 1.54) is 5.56 Å². The molecule has 0 aliphatic rings. The summed E-state index contributed by atoms with van der Waals surface area (Å²) in [7, 11) is 0. The molecule has 0 fully saturated rings. The quantitative estimate of drug-likeness (QED) is 0.558. The Hall–Kier alpha value is -3.15. The predicted octanol–water partition coefficient (Wildman–Crippen LogP) is 2.02. The molecule has 6 heteroatoms. The molecule has 0 unspecified atom stereocenters. The number of hydrogen-bond donors (Lipinski definition) is 2. The van der Waals surface area contributed by atoms with Crippen molar-refractivity contribution in [3.05, 3.63) is 77.9 Å². The van der Waals surface area contributed by atoms with E-state index < -0.39 is 0 Å². The zero-order valence-corrected chi connectivity index (χ0v) is 11.8. The molecule has 1 aromatic carbocycles. The SMILES string of the molecule is O=C(N/N=C\c1cnn(Cc2ccccc2)c1)c1ccc[nH]1. The van der Waals surface area contributed by atoms with Gasteiger partial charge in [-0.05, 0) is 17.7 Å². The van der Waals surface area contributed by atoms with Crippen molar-refractivity contribution in [3.8, 4) is 0 Å². The number of nitrogens with zero attached hydrogens (tertiary/aromatic N) is 3. The van der Waals surface area contributed by atoms with Crippen molar-refractivity contribution in [2.45, 2.75) is 6.54 Å². The molecule has 2 aromatic heterocycles. The Morgan fingerprint density at radius 3 is 2.91 bits per heavy atom. The molecule has 0 spiro atoms. The second-order valence-corrected chi connectivity index (χ2v) is 4.74. The van der Waals surface area contributed by atoms with Gasteiger partial charge >= 0.3 is 0 Å². The number of hydrogen-bond acceptors (Lipinski definition) is 3. The van der Waals surface area contributed by atoms with Gasteiger partial charge in [0.05, 0.1) is 19.0 Å². The van der Waals surface area contributed by atoms with Gasteiger partial charge in [-0.1, -0.05) is 30.3 Å². The van der Waals surface area contributed by atoms with Gasteiger partial charge in [0.25, 0.3) is 5.91 Å². The third-order valence-corrected chi connectivity index (χ3v) is 3.06. The normalized spacial score (nSPS) is 10.9. The fourth-order valence-corrected chi connectivity index (χ4v) is 2.00. The molecule has 6 nitrogen and oxygen atoms in total.